The van der Waals surface area contributed by atoms with E-state index in [4.69, 9.17) is 19.7 Å². The predicted octanol–water partition coefficient (Wildman–Crippen LogP) is 1.48. The molecule has 2 N–H and O–H groups in total. The number of rotatable bonds is 6. The van der Waals surface area contributed by atoms with Crippen LogP contribution in [-0.4, -0.2) is 30.5 Å². The molecule has 0 aliphatic rings. The second kappa shape index (κ2) is 6.13. The van der Waals surface area contributed by atoms with Gasteiger partial charge in [-0.2, -0.15) is 4.98 Å². The standard InChI is InChI=1S/C12H15N3O3/c1-16-5-6-17-8-11-14-12(15-18-11)9-3-2-4-10(13)7-9/h2-4,7H,5-6,8,13H2,1H3. The Morgan fingerprint density at radius 2 is 2.22 bits per heavy atom. The lowest BCUT2D eigenvalue weighted by Crippen LogP contribution is -2.01. The van der Waals surface area contributed by atoms with Crippen LogP contribution in [0.15, 0.2) is 28.8 Å². The molecule has 96 valence electrons. The first-order chi connectivity index (χ1) is 8.79. The average Bonchev–Trinajstić information content (AvgIpc) is 2.83. The van der Waals surface area contributed by atoms with Crippen molar-refractivity contribution in [2.75, 3.05) is 26.1 Å². The summed E-state index contributed by atoms with van der Waals surface area (Å²) >= 11 is 0. The maximum absolute atomic E-state index is 5.69. The summed E-state index contributed by atoms with van der Waals surface area (Å²) in [5.74, 6) is 0.941. The van der Waals surface area contributed by atoms with Gasteiger partial charge in [0.15, 0.2) is 0 Å². The van der Waals surface area contributed by atoms with Crippen LogP contribution in [0.1, 0.15) is 5.89 Å². The minimum atomic E-state index is 0.276. The van der Waals surface area contributed by atoms with E-state index in [2.05, 4.69) is 10.1 Å². The van der Waals surface area contributed by atoms with Crippen molar-refractivity contribution in [3.63, 3.8) is 0 Å². The highest BCUT2D eigenvalue weighted by molar-refractivity contribution is 5.60. The first kappa shape index (κ1) is 12.5. The molecule has 0 saturated heterocycles. The summed E-state index contributed by atoms with van der Waals surface area (Å²) in [6.07, 6.45) is 0. The van der Waals surface area contributed by atoms with Crippen molar-refractivity contribution in [2.45, 2.75) is 6.61 Å². The molecule has 0 unspecified atom stereocenters. The molecule has 0 amide bonds. The fourth-order valence-electron chi connectivity index (χ4n) is 1.41. The van der Waals surface area contributed by atoms with Gasteiger partial charge in [0.25, 0.3) is 5.89 Å². The summed E-state index contributed by atoms with van der Waals surface area (Å²) in [4.78, 5) is 4.22. The number of methoxy groups -OCH3 is 1. The minimum absolute atomic E-state index is 0.276. The Morgan fingerprint density at radius 1 is 1.33 bits per heavy atom. The van der Waals surface area contributed by atoms with E-state index in [0.29, 0.717) is 30.6 Å². The molecule has 1 heterocycles. The Morgan fingerprint density at radius 3 is 3.00 bits per heavy atom. The van der Waals surface area contributed by atoms with Crippen LogP contribution in [0.25, 0.3) is 11.4 Å². The van der Waals surface area contributed by atoms with Gasteiger partial charge < -0.3 is 19.7 Å². The molecule has 18 heavy (non-hydrogen) atoms. The molecule has 0 aliphatic heterocycles. The maximum Gasteiger partial charge on any atom is 0.252 e. The fourth-order valence-corrected chi connectivity index (χ4v) is 1.41. The van der Waals surface area contributed by atoms with Gasteiger partial charge in [-0.15, -0.1) is 0 Å². The van der Waals surface area contributed by atoms with Crippen LogP contribution < -0.4 is 5.73 Å². The van der Waals surface area contributed by atoms with Crippen LogP contribution in [0.5, 0.6) is 0 Å². The number of aromatic nitrogens is 2. The lowest BCUT2D eigenvalue weighted by atomic mass is 10.2. The molecule has 0 bridgehead atoms. The number of nitrogen functional groups attached to an aromatic ring is 1. The second-order valence-electron chi connectivity index (χ2n) is 3.68. The normalized spacial score (nSPS) is 10.7. The molecule has 0 fully saturated rings. The van der Waals surface area contributed by atoms with Crippen LogP contribution in [-0.2, 0) is 16.1 Å². The van der Waals surface area contributed by atoms with Crippen molar-refractivity contribution in [1.29, 1.82) is 0 Å². The van der Waals surface area contributed by atoms with E-state index in [1.54, 1.807) is 19.2 Å². The van der Waals surface area contributed by atoms with Crippen molar-refractivity contribution in [2.24, 2.45) is 0 Å². The summed E-state index contributed by atoms with van der Waals surface area (Å²) in [5, 5.41) is 3.87. The number of ether oxygens (including phenoxy) is 2. The predicted molar refractivity (Wildman–Crippen MR) is 65.7 cm³/mol. The van der Waals surface area contributed by atoms with E-state index < -0.39 is 0 Å². The van der Waals surface area contributed by atoms with E-state index in [1.165, 1.54) is 0 Å². The number of hydrogen-bond donors (Lipinski definition) is 1. The quantitative estimate of drug-likeness (QED) is 0.616. The second-order valence-corrected chi connectivity index (χ2v) is 3.68. The van der Waals surface area contributed by atoms with Crippen LogP contribution >= 0.6 is 0 Å². The van der Waals surface area contributed by atoms with E-state index in [-0.39, 0.29) is 6.61 Å². The topological polar surface area (TPSA) is 83.4 Å². The smallest absolute Gasteiger partial charge is 0.252 e. The van der Waals surface area contributed by atoms with E-state index in [0.717, 1.165) is 5.56 Å². The zero-order valence-corrected chi connectivity index (χ0v) is 10.1. The average molecular weight is 249 g/mol. The highest BCUT2D eigenvalue weighted by Gasteiger charge is 2.08. The third kappa shape index (κ3) is 3.28. The summed E-state index contributed by atoms with van der Waals surface area (Å²) in [5.41, 5.74) is 7.17. The molecular weight excluding hydrogens is 234 g/mol. The molecule has 2 rings (SSSR count). The van der Waals surface area contributed by atoms with Gasteiger partial charge in [-0.3, -0.25) is 0 Å². The van der Waals surface area contributed by atoms with E-state index in [1.807, 2.05) is 12.1 Å². The molecule has 1 aromatic heterocycles. The van der Waals surface area contributed by atoms with Gasteiger partial charge in [0, 0.05) is 18.4 Å². The van der Waals surface area contributed by atoms with Gasteiger partial charge in [-0.1, -0.05) is 17.3 Å². The van der Waals surface area contributed by atoms with Crippen molar-refractivity contribution in [3.8, 4) is 11.4 Å². The Hall–Kier alpha value is -1.92. The molecule has 0 saturated carbocycles. The van der Waals surface area contributed by atoms with Crippen LogP contribution in [0.3, 0.4) is 0 Å². The van der Waals surface area contributed by atoms with Gasteiger partial charge in [-0.05, 0) is 12.1 Å². The first-order valence-electron chi connectivity index (χ1n) is 5.55. The van der Waals surface area contributed by atoms with Crippen molar-refractivity contribution >= 4 is 5.69 Å². The van der Waals surface area contributed by atoms with Crippen LogP contribution in [0.2, 0.25) is 0 Å². The third-order valence-corrected chi connectivity index (χ3v) is 2.27. The monoisotopic (exact) mass is 249 g/mol. The van der Waals surface area contributed by atoms with Crippen LogP contribution in [0.4, 0.5) is 5.69 Å². The van der Waals surface area contributed by atoms with Crippen LogP contribution in [0, 0.1) is 0 Å². The van der Waals surface area contributed by atoms with Gasteiger partial charge >= 0.3 is 0 Å². The molecule has 0 radical (unpaired) electrons. The Bertz CT molecular complexity index is 499. The van der Waals surface area contributed by atoms with Crippen molar-refractivity contribution in [1.82, 2.24) is 10.1 Å². The van der Waals surface area contributed by atoms with E-state index >= 15 is 0 Å². The number of anilines is 1. The molecule has 1 aromatic carbocycles. The molecule has 6 nitrogen and oxygen atoms in total. The lowest BCUT2D eigenvalue weighted by Gasteiger charge is -1.98. The molecule has 2 aromatic rings. The molecule has 0 atom stereocenters. The Labute approximate surface area is 105 Å². The SMILES string of the molecule is COCCOCc1nc(-c2cccc(N)c2)no1. The highest BCUT2D eigenvalue weighted by Crippen LogP contribution is 2.18. The van der Waals surface area contributed by atoms with Gasteiger partial charge in [0.1, 0.15) is 6.61 Å². The van der Waals surface area contributed by atoms with Gasteiger partial charge in [0.05, 0.1) is 13.2 Å². The molecule has 0 aliphatic carbocycles. The largest absolute Gasteiger partial charge is 0.399 e. The van der Waals surface area contributed by atoms with Crippen molar-refractivity contribution in [3.05, 3.63) is 30.2 Å². The van der Waals surface area contributed by atoms with Gasteiger partial charge in [0.2, 0.25) is 5.82 Å². The number of nitrogens with two attached hydrogens (primary N) is 1. The Kier molecular flexibility index (Phi) is 4.27. The molecule has 6 heteroatoms. The lowest BCUT2D eigenvalue weighted by molar-refractivity contribution is 0.0494. The zero-order valence-electron chi connectivity index (χ0n) is 10.1. The highest BCUT2D eigenvalue weighted by atomic mass is 16.5. The maximum atomic E-state index is 5.69. The number of benzene rings is 1. The number of nitrogens with zero attached hydrogens (tertiary/aromatic N) is 2. The summed E-state index contributed by atoms with van der Waals surface area (Å²) in [7, 11) is 1.62. The third-order valence-electron chi connectivity index (χ3n) is 2.27. The van der Waals surface area contributed by atoms with Gasteiger partial charge in [-0.25, -0.2) is 0 Å². The van der Waals surface area contributed by atoms with Crippen molar-refractivity contribution < 1.29 is 14.0 Å². The fraction of sp³-hybridized carbons (Fsp3) is 0.333. The zero-order chi connectivity index (χ0) is 12.8. The van der Waals surface area contributed by atoms with E-state index in [9.17, 15) is 0 Å². The first-order valence-corrected chi connectivity index (χ1v) is 5.55. The summed E-state index contributed by atoms with van der Waals surface area (Å²) < 4.78 is 15.2. The molecule has 0 spiro atoms. The molecular formula is C12H15N3O3. The summed E-state index contributed by atoms with van der Waals surface area (Å²) in [6, 6.07) is 7.31. The Balaban J connectivity index is 1.97. The number of hydrogen-bond acceptors (Lipinski definition) is 6. The summed E-state index contributed by atoms with van der Waals surface area (Å²) in [6.45, 7) is 1.31. The minimum Gasteiger partial charge on any atom is -0.399 e.